The topological polar surface area (TPSA) is 63.7 Å². The summed E-state index contributed by atoms with van der Waals surface area (Å²) < 4.78 is 0. The number of fused-ring (bicyclic) bond motifs is 1. The first-order chi connectivity index (χ1) is 9.09. The molecule has 0 unspecified atom stereocenters. The first kappa shape index (κ1) is 11.9. The summed E-state index contributed by atoms with van der Waals surface area (Å²) >= 11 is 0. The van der Waals surface area contributed by atoms with E-state index >= 15 is 0 Å². The van der Waals surface area contributed by atoms with Crippen LogP contribution in [0, 0.1) is 5.41 Å². The maximum absolute atomic E-state index is 12.0. The van der Waals surface area contributed by atoms with Gasteiger partial charge in [-0.15, -0.1) is 0 Å². The number of hydrogen-bond acceptors (Lipinski definition) is 4. The third-order valence-corrected chi connectivity index (χ3v) is 3.89. The number of hydrogen-bond donors (Lipinski definition) is 0. The first-order valence-corrected chi connectivity index (χ1v) is 6.29. The summed E-state index contributed by atoms with van der Waals surface area (Å²) in [5.74, 6) is -1.62. The van der Waals surface area contributed by atoms with Crippen molar-refractivity contribution in [3.05, 3.63) is 35.4 Å². The summed E-state index contributed by atoms with van der Waals surface area (Å²) in [6, 6.07) is 6.44. The van der Waals surface area contributed by atoms with E-state index < -0.39 is 23.2 Å². The van der Waals surface area contributed by atoms with Crippen LogP contribution >= 0.6 is 0 Å². The highest BCUT2D eigenvalue weighted by Crippen LogP contribution is 2.50. The fourth-order valence-corrected chi connectivity index (χ4v) is 2.28. The molecule has 3 rings (SSSR count). The molecule has 0 spiro atoms. The summed E-state index contributed by atoms with van der Waals surface area (Å²) in [5, 5.41) is 0.586. The molecule has 0 N–H and O–H groups in total. The van der Waals surface area contributed by atoms with Crippen LogP contribution in [0.2, 0.25) is 0 Å². The van der Waals surface area contributed by atoms with Gasteiger partial charge in [-0.05, 0) is 31.4 Å². The van der Waals surface area contributed by atoms with E-state index in [1.807, 2.05) is 6.92 Å². The minimum absolute atomic E-state index is 0.279. The average Bonchev–Trinajstić information content (AvgIpc) is 3.20. The number of imide groups is 1. The fraction of sp³-hybridized carbons (Fsp3) is 0.357. The van der Waals surface area contributed by atoms with Gasteiger partial charge in [-0.1, -0.05) is 24.1 Å². The van der Waals surface area contributed by atoms with E-state index in [1.165, 1.54) is 0 Å². The standard InChI is InChI=1S/C14H13NO4/c1-2-14(7-8-14)13(18)19-15-11(16)9-5-3-4-6-10(9)12(15)17/h3-6H,2,7-8H2,1H3. The van der Waals surface area contributed by atoms with E-state index in [0.29, 0.717) is 11.5 Å². The first-order valence-electron chi connectivity index (χ1n) is 6.29. The zero-order valence-corrected chi connectivity index (χ0v) is 10.5. The van der Waals surface area contributed by atoms with E-state index in [1.54, 1.807) is 24.3 Å². The lowest BCUT2D eigenvalue weighted by molar-refractivity contribution is -0.175. The number of rotatable bonds is 3. The zero-order valence-electron chi connectivity index (χ0n) is 10.5. The molecule has 1 aromatic rings. The van der Waals surface area contributed by atoms with Crippen molar-refractivity contribution in [1.82, 2.24) is 5.06 Å². The smallest absolute Gasteiger partial charge is 0.329 e. The molecule has 2 aliphatic rings. The van der Waals surface area contributed by atoms with Crippen LogP contribution in [0.4, 0.5) is 0 Å². The van der Waals surface area contributed by atoms with Crippen molar-refractivity contribution in [2.75, 3.05) is 0 Å². The molecule has 0 bridgehead atoms. The molecule has 5 nitrogen and oxygen atoms in total. The van der Waals surface area contributed by atoms with Crippen LogP contribution in [-0.4, -0.2) is 22.8 Å². The molecule has 98 valence electrons. The number of carbonyl (C=O) groups is 3. The second kappa shape index (κ2) is 3.91. The highest BCUT2D eigenvalue weighted by Gasteiger charge is 2.52. The van der Waals surface area contributed by atoms with Crippen LogP contribution in [-0.2, 0) is 9.63 Å². The van der Waals surface area contributed by atoms with E-state index in [0.717, 1.165) is 12.8 Å². The second-order valence-electron chi connectivity index (χ2n) is 4.96. The van der Waals surface area contributed by atoms with Crippen molar-refractivity contribution in [3.63, 3.8) is 0 Å². The van der Waals surface area contributed by atoms with Gasteiger partial charge in [-0.2, -0.15) is 0 Å². The third kappa shape index (κ3) is 1.65. The van der Waals surface area contributed by atoms with E-state index in [2.05, 4.69) is 0 Å². The molecule has 1 aromatic carbocycles. The van der Waals surface area contributed by atoms with Gasteiger partial charge in [0, 0.05) is 0 Å². The molecule has 1 aliphatic carbocycles. The summed E-state index contributed by atoms with van der Waals surface area (Å²) in [6.45, 7) is 1.90. The Morgan fingerprint density at radius 1 is 1.21 bits per heavy atom. The van der Waals surface area contributed by atoms with E-state index in [4.69, 9.17) is 4.84 Å². The molecule has 19 heavy (non-hydrogen) atoms. The molecular weight excluding hydrogens is 246 g/mol. The molecular formula is C14H13NO4. The molecule has 0 saturated heterocycles. The van der Waals surface area contributed by atoms with E-state index in [9.17, 15) is 14.4 Å². The minimum Gasteiger partial charge on any atom is -0.329 e. The van der Waals surface area contributed by atoms with Crippen molar-refractivity contribution in [2.45, 2.75) is 26.2 Å². The van der Waals surface area contributed by atoms with Crippen LogP contribution < -0.4 is 0 Å². The molecule has 0 atom stereocenters. The molecule has 1 aliphatic heterocycles. The Labute approximate surface area is 110 Å². The van der Waals surface area contributed by atoms with Crippen LogP contribution in [0.25, 0.3) is 0 Å². The van der Waals surface area contributed by atoms with Gasteiger partial charge in [-0.3, -0.25) is 9.59 Å². The minimum atomic E-state index is -0.569. The number of nitrogens with zero attached hydrogens (tertiary/aromatic N) is 1. The van der Waals surface area contributed by atoms with Crippen molar-refractivity contribution in [3.8, 4) is 0 Å². The van der Waals surface area contributed by atoms with Crippen LogP contribution in [0.1, 0.15) is 46.9 Å². The van der Waals surface area contributed by atoms with Gasteiger partial charge in [0.15, 0.2) is 0 Å². The third-order valence-electron chi connectivity index (χ3n) is 3.89. The van der Waals surface area contributed by atoms with Gasteiger partial charge in [0.2, 0.25) is 0 Å². The van der Waals surface area contributed by atoms with Gasteiger partial charge < -0.3 is 4.84 Å². The Balaban J connectivity index is 1.83. The molecule has 0 radical (unpaired) electrons. The lowest BCUT2D eigenvalue weighted by atomic mass is 10.1. The molecule has 1 fully saturated rings. The SMILES string of the molecule is CCC1(C(=O)ON2C(=O)c3ccccc3C2=O)CC1. The summed E-state index contributed by atoms with van der Waals surface area (Å²) in [6.07, 6.45) is 2.17. The number of carbonyl (C=O) groups excluding carboxylic acids is 3. The number of hydroxylamine groups is 2. The Morgan fingerprint density at radius 3 is 2.16 bits per heavy atom. The summed E-state index contributed by atoms with van der Waals surface area (Å²) in [7, 11) is 0. The van der Waals surface area contributed by atoms with Gasteiger partial charge in [0.1, 0.15) is 0 Å². The maximum Gasteiger partial charge on any atom is 0.339 e. The van der Waals surface area contributed by atoms with Crippen LogP contribution in [0.15, 0.2) is 24.3 Å². The maximum atomic E-state index is 12.0. The quantitative estimate of drug-likeness (QED) is 0.778. The summed E-state index contributed by atoms with van der Waals surface area (Å²) in [5.41, 5.74) is 0.0679. The van der Waals surface area contributed by atoms with Crippen molar-refractivity contribution < 1.29 is 19.2 Å². The monoisotopic (exact) mass is 259 g/mol. The van der Waals surface area contributed by atoms with Gasteiger partial charge in [0.05, 0.1) is 16.5 Å². The largest absolute Gasteiger partial charge is 0.339 e. The van der Waals surface area contributed by atoms with Crippen molar-refractivity contribution in [2.24, 2.45) is 5.41 Å². The zero-order chi connectivity index (χ0) is 13.6. The predicted octanol–water partition coefficient (Wildman–Crippen LogP) is 1.93. The Hall–Kier alpha value is -2.17. The number of amides is 2. The Morgan fingerprint density at radius 2 is 1.74 bits per heavy atom. The fourth-order valence-electron chi connectivity index (χ4n) is 2.28. The van der Waals surface area contributed by atoms with E-state index in [-0.39, 0.29) is 11.1 Å². The van der Waals surface area contributed by atoms with Gasteiger partial charge in [0.25, 0.3) is 11.8 Å². The normalized spacial score (nSPS) is 19.3. The van der Waals surface area contributed by atoms with Gasteiger partial charge >= 0.3 is 5.97 Å². The summed E-state index contributed by atoms with van der Waals surface area (Å²) in [4.78, 5) is 41.0. The lowest BCUT2D eigenvalue weighted by Gasteiger charge is -2.16. The van der Waals surface area contributed by atoms with Crippen LogP contribution in [0.5, 0.6) is 0 Å². The Bertz CT molecular complexity index is 554. The van der Waals surface area contributed by atoms with Crippen molar-refractivity contribution in [1.29, 1.82) is 0 Å². The molecule has 0 aromatic heterocycles. The molecule has 2 amide bonds. The Kier molecular flexibility index (Phi) is 2.45. The molecule has 1 saturated carbocycles. The highest BCUT2D eigenvalue weighted by atomic mass is 16.7. The lowest BCUT2D eigenvalue weighted by Crippen LogP contribution is -2.35. The average molecular weight is 259 g/mol. The molecule has 5 heteroatoms. The number of benzene rings is 1. The predicted molar refractivity (Wildman–Crippen MR) is 65.0 cm³/mol. The van der Waals surface area contributed by atoms with Crippen molar-refractivity contribution >= 4 is 17.8 Å². The van der Waals surface area contributed by atoms with Gasteiger partial charge in [-0.25, -0.2) is 4.79 Å². The highest BCUT2D eigenvalue weighted by molar-refractivity contribution is 6.20. The second-order valence-corrected chi connectivity index (χ2v) is 4.96. The van der Waals surface area contributed by atoms with Crippen LogP contribution in [0.3, 0.4) is 0 Å². The molecule has 1 heterocycles.